The van der Waals surface area contributed by atoms with Gasteiger partial charge in [0.25, 0.3) is 0 Å². The number of ketones is 1. The zero-order valence-corrected chi connectivity index (χ0v) is 12.9. The fraction of sp³-hybridized carbons (Fsp3) is 0.125. The Balaban J connectivity index is 1.83. The van der Waals surface area contributed by atoms with Crippen molar-refractivity contribution in [3.05, 3.63) is 57.8 Å². The summed E-state index contributed by atoms with van der Waals surface area (Å²) in [5, 5.41) is 0.734. The van der Waals surface area contributed by atoms with Crippen LogP contribution in [0, 0.1) is 0 Å². The van der Waals surface area contributed by atoms with Crippen molar-refractivity contribution in [1.82, 2.24) is 4.98 Å². The average Bonchev–Trinajstić information content (AvgIpc) is 2.53. The topological polar surface area (TPSA) is 48.4 Å². The lowest BCUT2D eigenvalue weighted by Crippen LogP contribution is -2.15. The molecule has 0 bridgehead atoms. The quantitative estimate of drug-likeness (QED) is 0.482. The average molecular weight is 336 g/mol. The van der Waals surface area contributed by atoms with Gasteiger partial charge in [0.2, 0.25) is 0 Å². The van der Waals surface area contributed by atoms with Crippen molar-refractivity contribution in [3.63, 3.8) is 0 Å². The van der Waals surface area contributed by atoms with E-state index in [1.807, 2.05) is 0 Å². The maximum absolute atomic E-state index is 12.1. The molecule has 0 saturated heterocycles. The summed E-state index contributed by atoms with van der Waals surface area (Å²) in [6.45, 7) is 0.953. The number of carbonyl (C=O) groups excluding carboxylic acids is 1. The van der Waals surface area contributed by atoms with Gasteiger partial charge in [-0.05, 0) is 35.9 Å². The third kappa shape index (κ3) is 3.24. The van der Waals surface area contributed by atoms with Crippen molar-refractivity contribution < 1.29 is 14.3 Å². The van der Waals surface area contributed by atoms with Crippen LogP contribution in [0.5, 0.6) is 11.5 Å². The number of nitrogens with zero attached hydrogens (tertiary/aromatic N) is 1. The Morgan fingerprint density at radius 2 is 2.00 bits per heavy atom. The van der Waals surface area contributed by atoms with Crippen molar-refractivity contribution in [2.24, 2.45) is 0 Å². The highest BCUT2D eigenvalue weighted by Gasteiger charge is 2.16. The molecule has 3 rings (SSSR count). The number of rotatable bonds is 3. The van der Waals surface area contributed by atoms with Crippen LogP contribution in [0.3, 0.4) is 0 Å². The number of hydrogen-bond acceptors (Lipinski definition) is 4. The third-order valence-corrected chi connectivity index (χ3v) is 3.54. The molecule has 0 amide bonds. The summed E-state index contributed by atoms with van der Waals surface area (Å²) < 4.78 is 10.9. The molecule has 0 fully saturated rings. The predicted molar refractivity (Wildman–Crippen MR) is 85.1 cm³/mol. The molecule has 1 aromatic heterocycles. The lowest BCUT2D eigenvalue weighted by Gasteiger charge is -2.19. The molecular formula is C16H11Cl2NO3. The van der Waals surface area contributed by atoms with E-state index in [4.69, 9.17) is 32.7 Å². The fourth-order valence-electron chi connectivity index (χ4n) is 2.05. The number of benzene rings is 1. The van der Waals surface area contributed by atoms with Gasteiger partial charge in [0.05, 0.1) is 5.02 Å². The molecule has 112 valence electrons. The van der Waals surface area contributed by atoms with Gasteiger partial charge in [-0.15, -0.1) is 0 Å². The van der Waals surface area contributed by atoms with Crippen LogP contribution in [-0.2, 0) is 0 Å². The van der Waals surface area contributed by atoms with Gasteiger partial charge in [-0.1, -0.05) is 29.3 Å². The van der Waals surface area contributed by atoms with E-state index in [0.717, 1.165) is 5.56 Å². The van der Waals surface area contributed by atoms with E-state index in [1.165, 1.54) is 18.3 Å². The van der Waals surface area contributed by atoms with E-state index in [0.29, 0.717) is 35.3 Å². The van der Waals surface area contributed by atoms with Crippen LogP contribution in [0.4, 0.5) is 0 Å². The Bertz CT molecular complexity index is 759. The largest absolute Gasteiger partial charge is 0.486 e. The van der Waals surface area contributed by atoms with E-state index in [2.05, 4.69) is 4.98 Å². The molecular weight excluding hydrogens is 325 g/mol. The van der Waals surface area contributed by atoms with Crippen molar-refractivity contribution in [1.29, 1.82) is 0 Å². The third-order valence-electron chi connectivity index (χ3n) is 3.06. The van der Waals surface area contributed by atoms with Crippen LogP contribution in [0.1, 0.15) is 15.9 Å². The molecule has 1 aliphatic heterocycles. The first-order valence-electron chi connectivity index (χ1n) is 6.56. The summed E-state index contributed by atoms with van der Waals surface area (Å²) >= 11 is 11.9. The maximum atomic E-state index is 12.1. The number of halogens is 2. The molecule has 0 spiro atoms. The highest BCUT2D eigenvalue weighted by atomic mass is 35.5. The first-order chi connectivity index (χ1) is 10.6. The Morgan fingerprint density at radius 1 is 1.18 bits per heavy atom. The molecule has 0 aliphatic carbocycles. The van der Waals surface area contributed by atoms with Crippen LogP contribution in [0.25, 0.3) is 6.08 Å². The van der Waals surface area contributed by atoms with Gasteiger partial charge in [-0.3, -0.25) is 4.79 Å². The van der Waals surface area contributed by atoms with Crippen molar-refractivity contribution >= 4 is 35.1 Å². The molecule has 0 saturated carbocycles. The summed E-state index contributed by atoms with van der Waals surface area (Å²) in [4.78, 5) is 15.9. The van der Waals surface area contributed by atoms with Gasteiger partial charge in [0.15, 0.2) is 17.3 Å². The van der Waals surface area contributed by atoms with E-state index in [-0.39, 0.29) is 10.9 Å². The van der Waals surface area contributed by atoms with Crippen molar-refractivity contribution in [2.75, 3.05) is 13.2 Å². The van der Waals surface area contributed by atoms with E-state index >= 15 is 0 Å². The molecule has 0 atom stereocenters. The summed E-state index contributed by atoms with van der Waals surface area (Å²) in [6, 6.07) is 6.63. The second kappa shape index (κ2) is 6.38. The number of pyridine rings is 1. The number of fused-ring (bicyclic) bond motifs is 1. The highest BCUT2D eigenvalue weighted by Crippen LogP contribution is 2.38. The Hall–Kier alpha value is -2.04. The highest BCUT2D eigenvalue weighted by molar-refractivity contribution is 6.32. The molecule has 0 unspecified atom stereocenters. The first-order valence-corrected chi connectivity index (χ1v) is 7.32. The Kier molecular flexibility index (Phi) is 4.32. The predicted octanol–water partition coefficient (Wildman–Crippen LogP) is 4.06. The van der Waals surface area contributed by atoms with Gasteiger partial charge >= 0.3 is 0 Å². The summed E-state index contributed by atoms with van der Waals surface area (Å²) in [6.07, 6.45) is 4.61. The monoisotopic (exact) mass is 335 g/mol. The van der Waals surface area contributed by atoms with Gasteiger partial charge < -0.3 is 9.47 Å². The van der Waals surface area contributed by atoms with E-state index < -0.39 is 0 Å². The lowest BCUT2D eigenvalue weighted by molar-refractivity contribution is 0.104. The van der Waals surface area contributed by atoms with Crippen LogP contribution in [-0.4, -0.2) is 24.0 Å². The Morgan fingerprint density at radius 3 is 2.82 bits per heavy atom. The van der Waals surface area contributed by atoms with Gasteiger partial charge in [0, 0.05) is 11.8 Å². The molecule has 1 aliphatic rings. The summed E-state index contributed by atoms with van der Waals surface area (Å²) in [5.74, 6) is 0.949. The van der Waals surface area contributed by atoms with Gasteiger partial charge in [-0.25, -0.2) is 4.98 Å². The molecule has 4 nitrogen and oxygen atoms in total. The van der Waals surface area contributed by atoms with E-state index in [1.54, 1.807) is 24.3 Å². The van der Waals surface area contributed by atoms with Crippen LogP contribution < -0.4 is 9.47 Å². The molecule has 2 heterocycles. The minimum Gasteiger partial charge on any atom is -0.486 e. The summed E-state index contributed by atoms with van der Waals surface area (Å²) in [7, 11) is 0. The maximum Gasteiger partial charge on any atom is 0.186 e. The van der Waals surface area contributed by atoms with Crippen molar-refractivity contribution in [2.45, 2.75) is 0 Å². The number of carbonyl (C=O) groups is 1. The number of hydrogen-bond donors (Lipinski definition) is 0. The summed E-state index contributed by atoms with van der Waals surface area (Å²) in [5.41, 5.74) is 1.22. The standard InChI is InChI=1S/C16H11Cl2NO3/c17-12-7-10(8-14-16(12)22-6-5-21-14)1-2-13(20)11-3-4-19-15(18)9-11/h1-4,7-9H,5-6H2. The molecule has 0 radical (unpaired) electrons. The Labute approximate surface area is 137 Å². The second-order valence-electron chi connectivity index (χ2n) is 4.59. The van der Waals surface area contributed by atoms with Crippen LogP contribution >= 0.6 is 23.2 Å². The molecule has 6 heteroatoms. The molecule has 2 aromatic rings. The molecule has 22 heavy (non-hydrogen) atoms. The lowest BCUT2D eigenvalue weighted by atomic mass is 10.1. The van der Waals surface area contributed by atoms with Crippen LogP contribution in [0.15, 0.2) is 36.5 Å². The minimum atomic E-state index is -0.171. The van der Waals surface area contributed by atoms with Crippen LogP contribution in [0.2, 0.25) is 10.2 Å². The second-order valence-corrected chi connectivity index (χ2v) is 5.39. The smallest absolute Gasteiger partial charge is 0.186 e. The zero-order valence-electron chi connectivity index (χ0n) is 11.4. The SMILES string of the molecule is O=C(C=Cc1cc(Cl)c2c(c1)OCCO2)c1ccnc(Cl)c1. The zero-order chi connectivity index (χ0) is 15.5. The minimum absolute atomic E-state index is 0.171. The van der Waals surface area contributed by atoms with E-state index in [9.17, 15) is 4.79 Å². The number of allylic oxidation sites excluding steroid dienone is 1. The molecule has 1 aromatic carbocycles. The molecule has 0 N–H and O–H groups in total. The van der Waals surface area contributed by atoms with Gasteiger partial charge in [-0.2, -0.15) is 0 Å². The number of ether oxygens (including phenoxy) is 2. The number of aromatic nitrogens is 1. The van der Waals surface area contributed by atoms with Crippen molar-refractivity contribution in [3.8, 4) is 11.5 Å². The normalized spacial score (nSPS) is 13.4. The fourth-order valence-corrected chi connectivity index (χ4v) is 2.50. The van der Waals surface area contributed by atoms with Gasteiger partial charge in [0.1, 0.15) is 18.4 Å². The first kappa shape index (κ1) is 14.9.